The maximum absolute atomic E-state index is 12.0. The molecule has 6 heteroatoms. The molecule has 1 unspecified atom stereocenters. The Morgan fingerprint density at radius 3 is 2.57 bits per heavy atom. The SMILES string of the molecule is CCCCCCC(C)Nc1ccc(N)cc1S(=O)(=O)NC. The van der Waals surface area contributed by atoms with E-state index in [-0.39, 0.29) is 10.9 Å². The van der Waals surface area contributed by atoms with Crippen LogP contribution in [-0.4, -0.2) is 21.5 Å². The van der Waals surface area contributed by atoms with Crippen LogP contribution in [0.3, 0.4) is 0 Å². The summed E-state index contributed by atoms with van der Waals surface area (Å²) in [7, 11) is -2.12. The van der Waals surface area contributed by atoms with Crippen molar-refractivity contribution in [3.63, 3.8) is 0 Å². The Morgan fingerprint density at radius 2 is 1.95 bits per heavy atom. The third-order valence-electron chi connectivity index (χ3n) is 3.46. The quantitative estimate of drug-likeness (QED) is 0.483. The molecular weight excluding hydrogens is 286 g/mol. The molecule has 0 aromatic heterocycles. The minimum atomic E-state index is -3.52. The summed E-state index contributed by atoms with van der Waals surface area (Å²) in [4.78, 5) is 0.199. The molecular formula is C15H27N3O2S. The van der Waals surface area contributed by atoms with E-state index in [1.807, 2.05) is 0 Å². The van der Waals surface area contributed by atoms with Crippen molar-refractivity contribution in [3.8, 4) is 0 Å². The van der Waals surface area contributed by atoms with Crippen LogP contribution in [-0.2, 0) is 10.0 Å². The van der Waals surface area contributed by atoms with Crippen molar-refractivity contribution in [1.29, 1.82) is 0 Å². The van der Waals surface area contributed by atoms with E-state index >= 15 is 0 Å². The van der Waals surface area contributed by atoms with Crippen LogP contribution in [0.25, 0.3) is 0 Å². The van der Waals surface area contributed by atoms with Gasteiger partial charge in [-0.3, -0.25) is 0 Å². The van der Waals surface area contributed by atoms with E-state index in [2.05, 4.69) is 23.9 Å². The van der Waals surface area contributed by atoms with Gasteiger partial charge in [0.1, 0.15) is 4.90 Å². The van der Waals surface area contributed by atoms with Crippen LogP contribution in [0.2, 0.25) is 0 Å². The van der Waals surface area contributed by atoms with E-state index in [9.17, 15) is 8.42 Å². The van der Waals surface area contributed by atoms with Gasteiger partial charge in [0, 0.05) is 11.7 Å². The van der Waals surface area contributed by atoms with Gasteiger partial charge in [-0.05, 0) is 38.6 Å². The van der Waals surface area contributed by atoms with Gasteiger partial charge in [0.15, 0.2) is 0 Å². The van der Waals surface area contributed by atoms with Gasteiger partial charge in [0.2, 0.25) is 10.0 Å². The minimum Gasteiger partial charge on any atom is -0.399 e. The summed E-state index contributed by atoms with van der Waals surface area (Å²) in [5, 5.41) is 3.28. The Hall–Kier alpha value is -1.27. The van der Waals surface area contributed by atoms with Crippen LogP contribution in [0.4, 0.5) is 11.4 Å². The average molecular weight is 313 g/mol. The van der Waals surface area contributed by atoms with Gasteiger partial charge < -0.3 is 11.1 Å². The van der Waals surface area contributed by atoms with Crippen LogP contribution in [0, 0.1) is 0 Å². The second-order valence-electron chi connectivity index (χ2n) is 5.36. The summed E-state index contributed by atoms with van der Waals surface area (Å²) in [6.45, 7) is 4.25. The van der Waals surface area contributed by atoms with Gasteiger partial charge in [-0.25, -0.2) is 13.1 Å². The molecule has 1 atom stereocenters. The molecule has 0 aliphatic rings. The molecule has 1 rings (SSSR count). The second-order valence-corrected chi connectivity index (χ2v) is 7.21. The number of unbranched alkanes of at least 4 members (excludes halogenated alkanes) is 3. The zero-order valence-corrected chi connectivity index (χ0v) is 14.0. The maximum Gasteiger partial charge on any atom is 0.242 e. The number of nitrogen functional groups attached to an aromatic ring is 1. The predicted octanol–water partition coefficient (Wildman–Crippen LogP) is 2.95. The highest BCUT2D eigenvalue weighted by atomic mass is 32.2. The van der Waals surface area contributed by atoms with Crippen LogP contribution >= 0.6 is 0 Å². The van der Waals surface area contributed by atoms with E-state index in [1.165, 1.54) is 32.4 Å². The summed E-state index contributed by atoms with van der Waals surface area (Å²) < 4.78 is 26.4. The lowest BCUT2D eigenvalue weighted by molar-refractivity contribution is 0.585. The number of nitrogens with two attached hydrogens (primary N) is 1. The summed E-state index contributed by atoms with van der Waals surface area (Å²) in [6.07, 6.45) is 5.83. The van der Waals surface area contributed by atoms with E-state index in [1.54, 1.807) is 12.1 Å². The first-order chi connectivity index (χ1) is 9.90. The molecule has 0 saturated carbocycles. The zero-order chi connectivity index (χ0) is 15.9. The third kappa shape index (κ3) is 5.55. The zero-order valence-electron chi connectivity index (χ0n) is 13.1. The maximum atomic E-state index is 12.0. The van der Waals surface area contributed by atoms with Crippen molar-refractivity contribution in [2.24, 2.45) is 0 Å². The second kappa shape index (κ2) is 8.24. The first-order valence-electron chi connectivity index (χ1n) is 7.50. The van der Waals surface area contributed by atoms with Gasteiger partial charge in [-0.1, -0.05) is 32.6 Å². The summed E-state index contributed by atoms with van der Waals surface area (Å²) in [5.74, 6) is 0. The summed E-state index contributed by atoms with van der Waals surface area (Å²) >= 11 is 0. The molecule has 0 aliphatic carbocycles. The molecule has 120 valence electrons. The normalized spacial score (nSPS) is 13.1. The van der Waals surface area contributed by atoms with E-state index in [0.717, 1.165) is 12.8 Å². The molecule has 5 nitrogen and oxygen atoms in total. The fraction of sp³-hybridized carbons (Fsp3) is 0.600. The number of benzene rings is 1. The van der Waals surface area contributed by atoms with Crippen LogP contribution in [0.1, 0.15) is 46.0 Å². The number of rotatable bonds is 9. The Kier molecular flexibility index (Phi) is 6.98. The topological polar surface area (TPSA) is 84.2 Å². The van der Waals surface area contributed by atoms with Crippen LogP contribution < -0.4 is 15.8 Å². The lowest BCUT2D eigenvalue weighted by Crippen LogP contribution is -2.23. The largest absolute Gasteiger partial charge is 0.399 e. The van der Waals surface area contributed by atoms with Crippen LogP contribution in [0.15, 0.2) is 23.1 Å². The minimum absolute atomic E-state index is 0.199. The molecule has 21 heavy (non-hydrogen) atoms. The summed E-state index contributed by atoms with van der Waals surface area (Å²) in [5.41, 5.74) is 6.74. The Balaban J connectivity index is 2.79. The number of nitrogens with one attached hydrogen (secondary N) is 2. The molecule has 0 aliphatic heterocycles. The van der Waals surface area contributed by atoms with E-state index < -0.39 is 10.0 Å². The highest BCUT2D eigenvalue weighted by Gasteiger charge is 2.18. The van der Waals surface area contributed by atoms with Crippen molar-refractivity contribution >= 4 is 21.4 Å². The molecule has 0 heterocycles. The molecule has 4 N–H and O–H groups in total. The monoisotopic (exact) mass is 313 g/mol. The Labute approximate surface area is 128 Å². The number of sulfonamides is 1. The molecule has 1 aromatic rings. The molecule has 0 fully saturated rings. The van der Waals surface area contributed by atoms with Crippen molar-refractivity contribution in [1.82, 2.24) is 4.72 Å². The van der Waals surface area contributed by atoms with Crippen molar-refractivity contribution in [3.05, 3.63) is 18.2 Å². The highest BCUT2D eigenvalue weighted by molar-refractivity contribution is 7.89. The van der Waals surface area contributed by atoms with Gasteiger partial charge in [0.25, 0.3) is 0 Å². The fourth-order valence-corrected chi connectivity index (χ4v) is 3.13. The average Bonchev–Trinajstić information content (AvgIpc) is 2.45. The van der Waals surface area contributed by atoms with Gasteiger partial charge in [-0.2, -0.15) is 0 Å². The molecule has 0 amide bonds. The van der Waals surface area contributed by atoms with Crippen molar-refractivity contribution in [2.45, 2.75) is 56.9 Å². The first-order valence-corrected chi connectivity index (χ1v) is 8.98. The lowest BCUT2D eigenvalue weighted by Gasteiger charge is -2.18. The fourth-order valence-electron chi connectivity index (χ4n) is 2.21. The predicted molar refractivity (Wildman–Crippen MR) is 88.9 cm³/mol. The van der Waals surface area contributed by atoms with E-state index in [4.69, 9.17) is 5.73 Å². The molecule has 0 spiro atoms. The summed E-state index contributed by atoms with van der Waals surface area (Å²) in [6, 6.07) is 5.14. The van der Waals surface area contributed by atoms with E-state index in [0.29, 0.717) is 11.4 Å². The Morgan fingerprint density at radius 1 is 1.24 bits per heavy atom. The van der Waals surface area contributed by atoms with Gasteiger partial charge >= 0.3 is 0 Å². The number of hydrogen-bond acceptors (Lipinski definition) is 4. The highest BCUT2D eigenvalue weighted by Crippen LogP contribution is 2.25. The molecule has 0 saturated heterocycles. The smallest absolute Gasteiger partial charge is 0.242 e. The van der Waals surface area contributed by atoms with Gasteiger partial charge in [-0.15, -0.1) is 0 Å². The van der Waals surface area contributed by atoms with Crippen LogP contribution in [0.5, 0.6) is 0 Å². The van der Waals surface area contributed by atoms with Crippen molar-refractivity contribution < 1.29 is 8.42 Å². The molecule has 0 radical (unpaired) electrons. The lowest BCUT2D eigenvalue weighted by atomic mass is 10.1. The first kappa shape index (κ1) is 17.8. The van der Waals surface area contributed by atoms with Gasteiger partial charge in [0.05, 0.1) is 5.69 Å². The third-order valence-corrected chi connectivity index (χ3v) is 4.91. The standard InChI is InChI=1S/C15H27N3O2S/c1-4-5-6-7-8-12(2)18-14-10-9-13(16)11-15(14)21(19,20)17-3/h9-12,17-18H,4-8,16H2,1-3H3. The molecule has 1 aromatic carbocycles. The Bertz CT molecular complexity index is 544. The van der Waals surface area contributed by atoms with Crippen molar-refractivity contribution in [2.75, 3.05) is 18.1 Å². The molecule has 0 bridgehead atoms. The number of hydrogen-bond donors (Lipinski definition) is 3. The number of anilines is 2.